The van der Waals surface area contributed by atoms with Gasteiger partial charge in [-0.2, -0.15) is 0 Å². The molecule has 0 radical (unpaired) electrons. The second-order valence-electron chi connectivity index (χ2n) is 8.78. The van der Waals surface area contributed by atoms with E-state index >= 15 is 0 Å². The van der Waals surface area contributed by atoms with Gasteiger partial charge in [-0.3, -0.25) is 9.59 Å². The minimum Gasteiger partial charge on any atom is -0.469 e. The van der Waals surface area contributed by atoms with Crippen LogP contribution in [0.15, 0.2) is 60.7 Å². The number of rotatable bonds is 10. The largest absolute Gasteiger partial charge is 0.469 e. The van der Waals surface area contributed by atoms with E-state index in [2.05, 4.69) is 4.74 Å². The maximum absolute atomic E-state index is 13.8. The Kier molecular flexibility index (Phi) is 8.79. The summed E-state index contributed by atoms with van der Waals surface area (Å²) in [5.74, 6) is -1.60. The summed E-state index contributed by atoms with van der Waals surface area (Å²) in [6.07, 6.45) is 0.641. The first-order chi connectivity index (χ1) is 17.1. The van der Waals surface area contributed by atoms with Crippen LogP contribution >= 0.6 is 0 Å². The lowest BCUT2D eigenvalue weighted by Gasteiger charge is -2.16. The van der Waals surface area contributed by atoms with Crippen molar-refractivity contribution in [3.05, 3.63) is 77.9 Å². The van der Waals surface area contributed by atoms with E-state index in [0.717, 1.165) is 5.56 Å². The number of nitrogens with two attached hydrogens (primary N) is 1. The number of hydrogen-bond acceptors (Lipinski definition) is 5. The van der Waals surface area contributed by atoms with Crippen molar-refractivity contribution in [1.29, 1.82) is 0 Å². The molecule has 0 saturated carbocycles. The molecule has 0 unspecified atom stereocenters. The SMILES string of the molecule is COC(=O)C[C@H](O)C[C@H](O)C=Cc1c(-c2ccc(F)cc2)c(-c2ccccc2)c(C(N)=O)n1C(C)C. The van der Waals surface area contributed by atoms with Crippen LogP contribution in [0.1, 0.15) is 48.9 Å². The number of amides is 1. The summed E-state index contributed by atoms with van der Waals surface area (Å²) in [4.78, 5) is 24.2. The molecule has 2 aromatic carbocycles. The third kappa shape index (κ3) is 6.08. The average Bonchev–Trinajstić information content (AvgIpc) is 3.19. The maximum Gasteiger partial charge on any atom is 0.308 e. The van der Waals surface area contributed by atoms with Crippen molar-refractivity contribution in [2.75, 3.05) is 7.11 Å². The van der Waals surface area contributed by atoms with Crippen molar-refractivity contribution in [3.63, 3.8) is 0 Å². The van der Waals surface area contributed by atoms with Crippen molar-refractivity contribution in [2.24, 2.45) is 5.73 Å². The van der Waals surface area contributed by atoms with Gasteiger partial charge in [0.1, 0.15) is 11.5 Å². The molecular weight excluding hydrogens is 463 g/mol. The molecule has 1 amide bonds. The van der Waals surface area contributed by atoms with Gasteiger partial charge in [-0.15, -0.1) is 0 Å². The molecule has 0 bridgehead atoms. The molecule has 36 heavy (non-hydrogen) atoms. The van der Waals surface area contributed by atoms with Crippen LogP contribution < -0.4 is 5.73 Å². The number of benzene rings is 2. The number of hydrogen-bond donors (Lipinski definition) is 3. The minimum absolute atomic E-state index is 0.0892. The average molecular weight is 495 g/mol. The Bertz CT molecular complexity index is 1230. The second kappa shape index (κ2) is 11.8. The summed E-state index contributed by atoms with van der Waals surface area (Å²) in [6.45, 7) is 3.81. The Balaban J connectivity index is 2.21. The molecule has 4 N–H and O–H groups in total. The van der Waals surface area contributed by atoms with Gasteiger partial charge in [-0.1, -0.05) is 48.5 Å². The molecule has 2 atom stereocenters. The fraction of sp³-hybridized carbons (Fsp3) is 0.286. The summed E-state index contributed by atoms with van der Waals surface area (Å²) in [5, 5.41) is 20.6. The number of nitrogens with zero attached hydrogens (tertiary/aromatic N) is 1. The monoisotopic (exact) mass is 494 g/mol. The lowest BCUT2D eigenvalue weighted by Crippen LogP contribution is -2.20. The van der Waals surface area contributed by atoms with Crippen molar-refractivity contribution in [2.45, 2.75) is 44.9 Å². The maximum atomic E-state index is 13.8. The molecule has 3 rings (SSSR count). The van der Waals surface area contributed by atoms with Gasteiger partial charge < -0.3 is 25.3 Å². The summed E-state index contributed by atoms with van der Waals surface area (Å²) >= 11 is 0. The Morgan fingerprint density at radius 3 is 2.19 bits per heavy atom. The lowest BCUT2D eigenvalue weighted by atomic mass is 9.94. The van der Waals surface area contributed by atoms with Crippen LogP contribution in [0.4, 0.5) is 4.39 Å². The summed E-state index contributed by atoms with van der Waals surface area (Å²) in [6, 6.07) is 15.0. The zero-order valence-corrected chi connectivity index (χ0v) is 20.5. The highest BCUT2D eigenvalue weighted by Gasteiger charge is 2.28. The molecule has 0 aliphatic carbocycles. The van der Waals surface area contributed by atoms with Gasteiger partial charge in [0.25, 0.3) is 5.91 Å². The van der Waals surface area contributed by atoms with Gasteiger partial charge in [-0.25, -0.2) is 4.39 Å². The van der Waals surface area contributed by atoms with Crippen LogP contribution in [0, 0.1) is 5.82 Å². The van der Waals surface area contributed by atoms with Crippen LogP contribution in [0.3, 0.4) is 0 Å². The van der Waals surface area contributed by atoms with Gasteiger partial charge in [0, 0.05) is 29.3 Å². The van der Waals surface area contributed by atoms with Crippen molar-refractivity contribution >= 4 is 18.0 Å². The number of methoxy groups -OCH3 is 1. The summed E-state index contributed by atoms with van der Waals surface area (Å²) in [5.41, 5.74) is 9.44. The van der Waals surface area contributed by atoms with E-state index in [1.807, 2.05) is 44.2 Å². The number of aliphatic hydroxyl groups is 2. The molecule has 0 spiro atoms. The van der Waals surface area contributed by atoms with Crippen molar-refractivity contribution < 1.29 is 28.9 Å². The Morgan fingerprint density at radius 1 is 1.03 bits per heavy atom. The topological polar surface area (TPSA) is 115 Å². The smallest absolute Gasteiger partial charge is 0.308 e. The summed E-state index contributed by atoms with van der Waals surface area (Å²) in [7, 11) is 1.23. The predicted octanol–water partition coefficient (Wildman–Crippen LogP) is 4.33. The van der Waals surface area contributed by atoms with E-state index in [1.165, 1.54) is 25.3 Å². The first kappa shape index (κ1) is 26.8. The zero-order valence-electron chi connectivity index (χ0n) is 20.5. The van der Waals surface area contributed by atoms with Crippen LogP contribution in [0.5, 0.6) is 0 Å². The van der Waals surface area contributed by atoms with Crippen molar-refractivity contribution in [1.82, 2.24) is 4.57 Å². The van der Waals surface area contributed by atoms with Gasteiger partial charge in [-0.05, 0) is 43.2 Å². The first-order valence-electron chi connectivity index (χ1n) is 11.6. The van der Waals surface area contributed by atoms with Crippen molar-refractivity contribution in [3.8, 4) is 22.3 Å². The van der Waals surface area contributed by atoms with E-state index < -0.39 is 29.9 Å². The van der Waals surface area contributed by atoms with Gasteiger partial charge in [0.2, 0.25) is 0 Å². The normalized spacial score (nSPS) is 13.2. The van der Waals surface area contributed by atoms with Crippen LogP contribution in [-0.2, 0) is 9.53 Å². The number of halogens is 1. The molecule has 0 aliphatic rings. The Hall–Kier alpha value is -3.75. The van der Waals surface area contributed by atoms with E-state index in [9.17, 15) is 24.2 Å². The summed E-state index contributed by atoms with van der Waals surface area (Å²) < 4.78 is 20.1. The number of primary amides is 1. The number of esters is 1. The number of ether oxygens (including phenoxy) is 1. The Morgan fingerprint density at radius 2 is 1.64 bits per heavy atom. The van der Waals surface area contributed by atoms with Gasteiger partial charge in [0.05, 0.1) is 25.7 Å². The highest BCUT2D eigenvalue weighted by atomic mass is 19.1. The second-order valence-corrected chi connectivity index (χ2v) is 8.78. The van der Waals surface area contributed by atoms with E-state index in [-0.39, 0.29) is 24.6 Å². The molecule has 8 heteroatoms. The standard InChI is InChI=1S/C28H31FN2O5/c1-17(2)31-23(14-13-21(32)15-22(33)16-24(34)36-3)25(19-9-11-20(29)12-10-19)26(27(31)28(30)35)18-7-5-4-6-8-18/h4-14,17,21-22,32-33H,15-16H2,1-3H3,(H2,30,35)/t21-,22-/m1/s1. The molecule has 1 heterocycles. The molecular formula is C28H31FN2O5. The highest BCUT2D eigenvalue weighted by Crippen LogP contribution is 2.42. The molecule has 1 aromatic heterocycles. The molecule has 7 nitrogen and oxygen atoms in total. The van der Waals surface area contributed by atoms with E-state index in [1.54, 1.807) is 22.8 Å². The number of aliphatic hydroxyl groups excluding tert-OH is 2. The molecule has 190 valence electrons. The molecule has 3 aromatic rings. The fourth-order valence-corrected chi connectivity index (χ4v) is 4.26. The van der Waals surface area contributed by atoms with Crippen LogP contribution in [0.2, 0.25) is 0 Å². The highest BCUT2D eigenvalue weighted by molar-refractivity contribution is 6.05. The molecule has 0 fully saturated rings. The van der Waals surface area contributed by atoms with Gasteiger partial charge in [0.15, 0.2) is 0 Å². The van der Waals surface area contributed by atoms with Crippen LogP contribution in [0.25, 0.3) is 28.3 Å². The van der Waals surface area contributed by atoms with Crippen LogP contribution in [-0.4, -0.2) is 46.0 Å². The zero-order chi connectivity index (χ0) is 26.4. The number of carbonyl (C=O) groups is 2. The first-order valence-corrected chi connectivity index (χ1v) is 11.6. The minimum atomic E-state index is -1.09. The number of aromatic nitrogens is 1. The fourth-order valence-electron chi connectivity index (χ4n) is 4.26. The lowest BCUT2D eigenvalue weighted by molar-refractivity contribution is -0.143. The van der Waals surface area contributed by atoms with E-state index in [0.29, 0.717) is 22.4 Å². The third-order valence-corrected chi connectivity index (χ3v) is 5.81. The molecule has 0 saturated heterocycles. The van der Waals surface area contributed by atoms with Gasteiger partial charge >= 0.3 is 5.97 Å². The third-order valence-electron chi connectivity index (χ3n) is 5.81. The molecule has 0 aliphatic heterocycles. The Labute approximate surface area is 209 Å². The van der Waals surface area contributed by atoms with E-state index in [4.69, 9.17) is 5.73 Å². The number of carbonyl (C=O) groups excluding carboxylic acids is 2. The quantitative estimate of drug-likeness (QED) is 0.363. The predicted molar refractivity (Wildman–Crippen MR) is 136 cm³/mol.